The van der Waals surface area contributed by atoms with Crippen molar-refractivity contribution in [3.05, 3.63) is 60.9 Å². The van der Waals surface area contributed by atoms with E-state index in [-0.39, 0.29) is 22.1 Å². The van der Waals surface area contributed by atoms with E-state index in [4.69, 9.17) is 0 Å². The van der Waals surface area contributed by atoms with Crippen LogP contribution in [0.25, 0.3) is 21.8 Å². The number of rotatable bonds is 5. The molecule has 14 heteroatoms. The third-order valence-electron chi connectivity index (χ3n) is 4.70. The van der Waals surface area contributed by atoms with Crippen LogP contribution >= 0.6 is 21.6 Å². The molecule has 2 heterocycles. The number of amides is 2. The molecule has 0 aliphatic carbocycles. The molecule has 0 atom stereocenters. The van der Waals surface area contributed by atoms with E-state index in [1.807, 2.05) is 10.6 Å². The van der Waals surface area contributed by atoms with Crippen molar-refractivity contribution in [3.63, 3.8) is 0 Å². The second-order valence-electron chi connectivity index (χ2n) is 7.09. The van der Waals surface area contributed by atoms with Crippen LogP contribution in [-0.2, 0) is 9.59 Å². The van der Waals surface area contributed by atoms with Crippen LogP contribution in [0.5, 0.6) is 0 Å². The summed E-state index contributed by atoms with van der Waals surface area (Å²) in [6, 6.07) is 11.7. The molecule has 4 aromatic rings. The minimum absolute atomic E-state index is 0.0633. The van der Waals surface area contributed by atoms with Gasteiger partial charge in [0.15, 0.2) is 0 Å². The first-order valence-corrected chi connectivity index (χ1v) is 12.0. The Morgan fingerprint density at radius 2 is 1.03 bits per heavy atom. The van der Waals surface area contributed by atoms with E-state index in [9.17, 15) is 35.9 Å². The van der Waals surface area contributed by atoms with Crippen LogP contribution < -0.4 is 10.6 Å². The Morgan fingerprint density at radius 3 is 1.39 bits per heavy atom. The van der Waals surface area contributed by atoms with Crippen LogP contribution in [0.4, 0.5) is 37.7 Å². The lowest BCUT2D eigenvalue weighted by atomic mass is 10.2. The van der Waals surface area contributed by atoms with Gasteiger partial charge in [-0.1, -0.05) is 21.6 Å². The second kappa shape index (κ2) is 9.85. The zero-order valence-electron chi connectivity index (χ0n) is 17.6. The molecule has 0 bridgehead atoms. The number of nitrogens with zero attached hydrogens (tertiary/aromatic N) is 2. The van der Waals surface area contributed by atoms with Crippen LogP contribution in [0.15, 0.2) is 70.7 Å². The molecule has 0 saturated carbocycles. The molecule has 2 N–H and O–H groups in total. The van der Waals surface area contributed by atoms with Crippen LogP contribution in [0.2, 0.25) is 0 Å². The third-order valence-corrected chi connectivity index (χ3v) is 7.13. The molecule has 0 unspecified atom stereocenters. The van der Waals surface area contributed by atoms with Gasteiger partial charge in [0.05, 0.1) is 22.4 Å². The van der Waals surface area contributed by atoms with E-state index < -0.39 is 24.2 Å². The zero-order valence-corrected chi connectivity index (χ0v) is 19.2. The quantitative estimate of drug-likeness (QED) is 0.219. The van der Waals surface area contributed by atoms with Crippen molar-refractivity contribution in [3.8, 4) is 0 Å². The van der Waals surface area contributed by atoms with Gasteiger partial charge in [-0.15, -0.1) is 0 Å². The Balaban J connectivity index is 1.63. The molecule has 2 amide bonds. The summed E-state index contributed by atoms with van der Waals surface area (Å²) in [5.41, 5.74) is 0.543. The Bertz CT molecular complexity index is 1370. The molecule has 0 aliphatic rings. The summed E-state index contributed by atoms with van der Waals surface area (Å²) in [5, 5.41) is 4.25. The molecule has 186 valence electrons. The molecule has 0 saturated heterocycles. The number of halogens is 6. The molecule has 6 nitrogen and oxygen atoms in total. The number of carbonyl (C=O) groups is 2. The second-order valence-corrected chi connectivity index (χ2v) is 9.31. The molecule has 4 rings (SSSR count). The predicted octanol–water partition coefficient (Wildman–Crippen LogP) is 6.58. The summed E-state index contributed by atoms with van der Waals surface area (Å²) in [6.07, 6.45) is -7.22. The molecule has 36 heavy (non-hydrogen) atoms. The normalized spacial score (nSPS) is 12.1. The summed E-state index contributed by atoms with van der Waals surface area (Å²) in [4.78, 5) is 32.3. The molecule has 2 aromatic heterocycles. The van der Waals surface area contributed by atoms with Crippen molar-refractivity contribution in [2.24, 2.45) is 0 Å². The van der Waals surface area contributed by atoms with Crippen molar-refractivity contribution in [2.75, 3.05) is 10.6 Å². The van der Waals surface area contributed by atoms with Gasteiger partial charge in [0.25, 0.3) is 0 Å². The number of carbonyl (C=O) groups excluding carboxylic acids is 2. The van der Waals surface area contributed by atoms with E-state index in [0.717, 1.165) is 0 Å². The third kappa shape index (κ3) is 5.49. The SMILES string of the molecule is O=C(Nc1ccc(SSc2ccc(NC(=O)C(F)(F)F)c3cccnc23)c2ncccc12)C(F)(F)F. The number of alkyl halides is 6. The lowest BCUT2D eigenvalue weighted by Crippen LogP contribution is -2.30. The standard InChI is InChI=1S/C22H12F6N4O2S2/c23-21(24,25)19(33)31-13-5-7-15(17-11(13)3-1-9-29-17)35-36-16-8-6-14(32-20(34)22(26,27)28)12-4-2-10-30-18(12)16/h1-10H,(H,31,33)(H,32,34). The average molecular weight is 542 g/mol. The minimum atomic E-state index is -5.06. The number of benzene rings is 2. The number of hydrogen-bond acceptors (Lipinski definition) is 6. The van der Waals surface area contributed by atoms with Gasteiger partial charge in [-0.25, -0.2) is 0 Å². The van der Waals surface area contributed by atoms with Crippen molar-refractivity contribution in [2.45, 2.75) is 22.1 Å². The van der Waals surface area contributed by atoms with Crippen molar-refractivity contribution in [1.82, 2.24) is 9.97 Å². The lowest BCUT2D eigenvalue weighted by Gasteiger charge is -2.14. The molecule has 2 aromatic carbocycles. The highest BCUT2D eigenvalue weighted by molar-refractivity contribution is 8.76. The molecule has 0 spiro atoms. The van der Waals surface area contributed by atoms with E-state index in [1.165, 1.54) is 82.5 Å². The number of aromatic nitrogens is 2. The van der Waals surface area contributed by atoms with Gasteiger partial charge in [0.2, 0.25) is 0 Å². The monoisotopic (exact) mass is 542 g/mol. The molecular weight excluding hydrogens is 530 g/mol. The first-order chi connectivity index (χ1) is 16.9. The Kier molecular flexibility index (Phi) is 7.00. The fraction of sp³-hybridized carbons (Fsp3) is 0.0909. The smallest absolute Gasteiger partial charge is 0.318 e. The summed E-state index contributed by atoms with van der Waals surface area (Å²) < 4.78 is 76.1. The Labute approximate surface area is 206 Å². The van der Waals surface area contributed by atoms with Gasteiger partial charge in [-0.3, -0.25) is 19.6 Å². The minimum Gasteiger partial charge on any atom is -0.318 e. The largest absolute Gasteiger partial charge is 0.471 e. The number of pyridine rings is 2. The van der Waals surface area contributed by atoms with Gasteiger partial charge < -0.3 is 10.6 Å². The molecule has 0 radical (unpaired) electrons. The maximum Gasteiger partial charge on any atom is 0.471 e. The van der Waals surface area contributed by atoms with E-state index in [2.05, 4.69) is 9.97 Å². The number of hydrogen-bond donors (Lipinski definition) is 2. The first kappa shape index (κ1) is 25.6. The Morgan fingerprint density at radius 1 is 0.639 bits per heavy atom. The maximum atomic E-state index is 12.7. The van der Waals surface area contributed by atoms with E-state index in [1.54, 1.807) is 0 Å². The zero-order chi connectivity index (χ0) is 26.1. The van der Waals surface area contributed by atoms with Crippen molar-refractivity contribution in [1.29, 1.82) is 0 Å². The number of fused-ring (bicyclic) bond motifs is 2. The van der Waals surface area contributed by atoms with Gasteiger partial charge in [-0.2, -0.15) is 26.3 Å². The fourth-order valence-electron chi connectivity index (χ4n) is 3.12. The van der Waals surface area contributed by atoms with Gasteiger partial charge in [0, 0.05) is 33.0 Å². The first-order valence-electron chi connectivity index (χ1n) is 9.81. The highest BCUT2D eigenvalue weighted by atomic mass is 33.1. The Hall–Kier alpha value is -3.52. The van der Waals surface area contributed by atoms with E-state index >= 15 is 0 Å². The summed E-state index contributed by atoms with van der Waals surface area (Å²) in [5.74, 6) is -4.23. The summed E-state index contributed by atoms with van der Waals surface area (Å²) in [6.45, 7) is 0. The molecular formula is C22H12F6N4O2S2. The highest BCUT2D eigenvalue weighted by Gasteiger charge is 2.39. The summed E-state index contributed by atoms with van der Waals surface area (Å²) in [7, 11) is 2.37. The van der Waals surface area contributed by atoms with Gasteiger partial charge in [-0.05, 0) is 48.5 Å². The molecule has 0 aliphatic heterocycles. The lowest BCUT2D eigenvalue weighted by molar-refractivity contribution is -0.167. The fourth-order valence-corrected chi connectivity index (χ4v) is 5.38. The molecule has 0 fully saturated rings. The topological polar surface area (TPSA) is 84.0 Å². The van der Waals surface area contributed by atoms with Crippen molar-refractivity contribution < 1.29 is 35.9 Å². The predicted molar refractivity (Wildman–Crippen MR) is 125 cm³/mol. The number of nitrogens with one attached hydrogen (secondary N) is 2. The van der Waals surface area contributed by atoms with Crippen LogP contribution in [0.1, 0.15) is 0 Å². The van der Waals surface area contributed by atoms with Gasteiger partial charge >= 0.3 is 24.2 Å². The van der Waals surface area contributed by atoms with E-state index in [0.29, 0.717) is 20.8 Å². The van der Waals surface area contributed by atoms with Crippen LogP contribution in [0, 0.1) is 0 Å². The number of anilines is 2. The summed E-state index contributed by atoms with van der Waals surface area (Å²) >= 11 is 0. The van der Waals surface area contributed by atoms with Gasteiger partial charge in [0.1, 0.15) is 0 Å². The maximum absolute atomic E-state index is 12.7. The van der Waals surface area contributed by atoms with Crippen LogP contribution in [0.3, 0.4) is 0 Å². The average Bonchev–Trinajstić information content (AvgIpc) is 2.83. The van der Waals surface area contributed by atoms with Crippen LogP contribution in [-0.4, -0.2) is 34.1 Å². The van der Waals surface area contributed by atoms with Crippen molar-refractivity contribution >= 4 is 66.6 Å². The highest BCUT2D eigenvalue weighted by Crippen LogP contribution is 2.44.